The second-order valence-corrected chi connectivity index (χ2v) is 8.55. The van der Waals surface area contributed by atoms with Gasteiger partial charge < -0.3 is 29.1 Å². The van der Waals surface area contributed by atoms with Crippen LogP contribution >= 0.6 is 11.6 Å². The molecule has 2 aromatic carbocycles. The minimum Gasteiger partial charge on any atom is -0.497 e. The van der Waals surface area contributed by atoms with Gasteiger partial charge in [0.2, 0.25) is 5.55 Å². The molecule has 0 fully saturated rings. The van der Waals surface area contributed by atoms with Gasteiger partial charge in [-0.05, 0) is 43.7 Å². The number of amides is 1. The number of methoxy groups -OCH3 is 3. The third-order valence-electron chi connectivity index (χ3n) is 5.80. The summed E-state index contributed by atoms with van der Waals surface area (Å²) in [5.41, 5.74) is 3.18. The van der Waals surface area contributed by atoms with Crippen LogP contribution in [-0.2, 0) is 6.61 Å². The highest BCUT2D eigenvalue weighted by Crippen LogP contribution is 2.33. The van der Waals surface area contributed by atoms with Gasteiger partial charge in [-0.1, -0.05) is 11.6 Å². The van der Waals surface area contributed by atoms with Gasteiger partial charge in [0.1, 0.15) is 28.5 Å². The van der Waals surface area contributed by atoms with Crippen molar-refractivity contribution in [1.29, 1.82) is 0 Å². The Labute approximate surface area is 218 Å². The van der Waals surface area contributed by atoms with Crippen LogP contribution in [0.25, 0.3) is 11.0 Å². The summed E-state index contributed by atoms with van der Waals surface area (Å²) in [4.78, 5) is 22.6. The molecule has 0 saturated carbocycles. The molecule has 192 valence electrons. The van der Waals surface area contributed by atoms with Crippen LogP contribution in [0.15, 0.2) is 52.0 Å². The number of anilines is 1. The summed E-state index contributed by atoms with van der Waals surface area (Å²) in [7, 11) is 4.54. The molecular weight excluding hydrogens is 498 g/mol. The van der Waals surface area contributed by atoms with Crippen LogP contribution < -0.4 is 25.1 Å². The lowest BCUT2D eigenvalue weighted by Crippen LogP contribution is -2.22. The standard InChI is InChI=1S/C27H26ClN3O6/c1-14-8-21(24(36-5)11-20(14)28)30-26(33)19-10-18-16(13-32)12-29-15(2)25(18)37-27(19)31-22-9-17(34-3)6-7-23(22)35-4/h6-12,32H,13H2,1-5H3,(H,30,33). The quantitative estimate of drug-likeness (QED) is 0.346. The maximum Gasteiger partial charge on any atom is 0.261 e. The largest absolute Gasteiger partial charge is 0.497 e. The van der Waals surface area contributed by atoms with Crippen molar-refractivity contribution < 1.29 is 28.5 Å². The van der Waals surface area contributed by atoms with E-state index in [-0.39, 0.29) is 17.7 Å². The van der Waals surface area contributed by atoms with Gasteiger partial charge in [0.05, 0.1) is 39.3 Å². The number of halogens is 1. The molecule has 0 bridgehead atoms. The number of nitrogens with zero attached hydrogens (tertiary/aromatic N) is 2. The number of aryl methyl sites for hydroxylation is 2. The first kappa shape index (κ1) is 26.0. The predicted octanol–water partition coefficient (Wildman–Crippen LogP) is 5.10. The Kier molecular flexibility index (Phi) is 7.66. The zero-order valence-corrected chi connectivity index (χ0v) is 21.8. The second kappa shape index (κ2) is 10.9. The summed E-state index contributed by atoms with van der Waals surface area (Å²) in [5.74, 6) is 0.889. The number of nitrogens with one attached hydrogen (secondary N) is 1. The molecule has 0 unspecified atom stereocenters. The third-order valence-corrected chi connectivity index (χ3v) is 6.21. The lowest BCUT2D eigenvalue weighted by molar-refractivity contribution is 0.102. The van der Waals surface area contributed by atoms with E-state index in [0.717, 1.165) is 5.56 Å². The van der Waals surface area contributed by atoms with E-state index in [0.29, 0.717) is 55.9 Å². The molecule has 0 saturated heterocycles. The number of hydrogen-bond donors (Lipinski definition) is 2. The first-order chi connectivity index (χ1) is 17.8. The van der Waals surface area contributed by atoms with E-state index in [1.807, 2.05) is 6.92 Å². The van der Waals surface area contributed by atoms with Crippen molar-refractivity contribution in [3.8, 4) is 17.2 Å². The van der Waals surface area contributed by atoms with Gasteiger partial charge in [0, 0.05) is 34.3 Å². The van der Waals surface area contributed by atoms with Crippen LogP contribution in [0.2, 0.25) is 5.02 Å². The van der Waals surface area contributed by atoms with Crippen molar-refractivity contribution in [3.63, 3.8) is 0 Å². The average Bonchev–Trinajstić information content (AvgIpc) is 2.90. The molecule has 9 nitrogen and oxygen atoms in total. The summed E-state index contributed by atoms with van der Waals surface area (Å²) in [6.45, 7) is 3.30. The average molecular weight is 524 g/mol. The Morgan fingerprint density at radius 3 is 2.51 bits per heavy atom. The normalized spacial score (nSPS) is 11.5. The Morgan fingerprint density at radius 1 is 1.08 bits per heavy atom. The van der Waals surface area contributed by atoms with Crippen molar-refractivity contribution in [1.82, 2.24) is 4.98 Å². The minimum atomic E-state index is -0.510. The molecule has 0 aliphatic carbocycles. The van der Waals surface area contributed by atoms with Crippen LogP contribution in [0.3, 0.4) is 0 Å². The minimum absolute atomic E-state index is 0.0150. The summed E-state index contributed by atoms with van der Waals surface area (Å²) >= 11 is 6.23. The number of carbonyl (C=O) groups is 1. The van der Waals surface area contributed by atoms with Crippen LogP contribution in [0.4, 0.5) is 11.4 Å². The molecule has 1 amide bonds. The van der Waals surface area contributed by atoms with Crippen LogP contribution in [-0.4, -0.2) is 37.3 Å². The highest BCUT2D eigenvalue weighted by atomic mass is 35.5. The molecule has 2 aromatic heterocycles. The number of ether oxygens (including phenoxy) is 3. The number of rotatable bonds is 7. The van der Waals surface area contributed by atoms with Crippen molar-refractivity contribution in [3.05, 3.63) is 75.6 Å². The van der Waals surface area contributed by atoms with E-state index in [1.165, 1.54) is 21.3 Å². The summed E-state index contributed by atoms with van der Waals surface area (Å²) in [6.07, 6.45) is 1.54. The molecule has 4 aromatic rings. The van der Waals surface area contributed by atoms with Crippen molar-refractivity contribution >= 4 is 39.9 Å². The number of carbonyl (C=O) groups excluding carboxylic acids is 1. The zero-order valence-electron chi connectivity index (χ0n) is 21.0. The molecule has 2 heterocycles. The molecular formula is C27H26ClN3O6. The molecule has 2 N–H and O–H groups in total. The van der Waals surface area contributed by atoms with Crippen molar-refractivity contribution in [2.75, 3.05) is 26.6 Å². The third kappa shape index (κ3) is 5.23. The smallest absolute Gasteiger partial charge is 0.261 e. The SMILES string of the molecule is COc1ccc(OC)c(N=c2oc3c(C)ncc(CO)c3cc2C(=O)Nc2cc(C)c(Cl)cc2OC)c1. The van der Waals surface area contributed by atoms with Gasteiger partial charge in [-0.3, -0.25) is 9.78 Å². The monoisotopic (exact) mass is 523 g/mol. The molecule has 37 heavy (non-hydrogen) atoms. The topological polar surface area (TPSA) is 115 Å². The van der Waals surface area contributed by atoms with Gasteiger partial charge >= 0.3 is 0 Å². The fourth-order valence-electron chi connectivity index (χ4n) is 3.77. The van der Waals surface area contributed by atoms with E-state index in [4.69, 9.17) is 30.2 Å². The van der Waals surface area contributed by atoms with Crippen LogP contribution in [0.1, 0.15) is 27.2 Å². The lowest BCUT2D eigenvalue weighted by atomic mass is 10.1. The Morgan fingerprint density at radius 2 is 1.84 bits per heavy atom. The van der Waals surface area contributed by atoms with E-state index in [1.54, 1.807) is 49.5 Å². The first-order valence-electron chi connectivity index (χ1n) is 11.2. The van der Waals surface area contributed by atoms with Gasteiger partial charge in [-0.15, -0.1) is 0 Å². The summed E-state index contributed by atoms with van der Waals surface area (Å²) in [6, 6.07) is 10.1. The molecule has 0 atom stereocenters. The van der Waals surface area contributed by atoms with Gasteiger partial charge in [-0.2, -0.15) is 0 Å². The molecule has 0 spiro atoms. The van der Waals surface area contributed by atoms with E-state index < -0.39 is 5.91 Å². The zero-order chi connectivity index (χ0) is 26.7. The van der Waals surface area contributed by atoms with E-state index >= 15 is 0 Å². The van der Waals surface area contributed by atoms with Crippen LogP contribution in [0, 0.1) is 13.8 Å². The number of aliphatic hydroxyl groups excluding tert-OH is 1. The highest BCUT2D eigenvalue weighted by Gasteiger charge is 2.19. The summed E-state index contributed by atoms with van der Waals surface area (Å²) in [5, 5.41) is 13.8. The molecule has 0 aliphatic rings. The Bertz CT molecular complexity index is 1560. The Hall–Kier alpha value is -4.08. The number of pyridine rings is 1. The predicted molar refractivity (Wildman–Crippen MR) is 140 cm³/mol. The van der Waals surface area contributed by atoms with Gasteiger partial charge in [0.25, 0.3) is 5.91 Å². The maximum atomic E-state index is 13.6. The van der Waals surface area contributed by atoms with Gasteiger partial charge in [-0.25, -0.2) is 4.99 Å². The Balaban J connectivity index is 1.97. The number of hydrogen-bond acceptors (Lipinski definition) is 8. The first-order valence-corrected chi connectivity index (χ1v) is 11.6. The van der Waals surface area contributed by atoms with Gasteiger partial charge in [0.15, 0.2) is 5.58 Å². The van der Waals surface area contributed by atoms with Crippen molar-refractivity contribution in [2.24, 2.45) is 4.99 Å². The second-order valence-electron chi connectivity index (χ2n) is 8.14. The lowest BCUT2D eigenvalue weighted by Gasteiger charge is -2.13. The number of aromatic nitrogens is 1. The maximum absolute atomic E-state index is 13.6. The highest BCUT2D eigenvalue weighted by molar-refractivity contribution is 6.31. The fourth-order valence-corrected chi connectivity index (χ4v) is 3.93. The summed E-state index contributed by atoms with van der Waals surface area (Å²) < 4.78 is 22.3. The number of fused-ring (bicyclic) bond motifs is 1. The number of benzene rings is 2. The molecule has 4 rings (SSSR count). The number of aliphatic hydroxyl groups is 1. The van der Waals surface area contributed by atoms with E-state index in [9.17, 15) is 9.90 Å². The molecule has 0 radical (unpaired) electrons. The molecule has 10 heteroatoms. The van der Waals surface area contributed by atoms with Crippen LogP contribution in [0.5, 0.6) is 17.2 Å². The van der Waals surface area contributed by atoms with Crippen molar-refractivity contribution in [2.45, 2.75) is 20.5 Å². The van der Waals surface area contributed by atoms with E-state index in [2.05, 4.69) is 15.3 Å². The fraction of sp³-hybridized carbons (Fsp3) is 0.222. The molecule has 0 aliphatic heterocycles.